The van der Waals surface area contributed by atoms with Gasteiger partial charge in [0.1, 0.15) is 6.10 Å². The van der Waals surface area contributed by atoms with Crippen molar-refractivity contribution < 1.29 is 29.0 Å². The number of carboxylic acid groups (broad SMARTS) is 1. The minimum atomic E-state index is -1.34. The van der Waals surface area contributed by atoms with Crippen molar-refractivity contribution in [3.63, 3.8) is 0 Å². The summed E-state index contributed by atoms with van der Waals surface area (Å²) in [6, 6.07) is 4.79. The van der Waals surface area contributed by atoms with Crippen LogP contribution < -0.4 is 14.6 Å². The summed E-state index contributed by atoms with van der Waals surface area (Å²) >= 11 is 0.889. The summed E-state index contributed by atoms with van der Waals surface area (Å²) < 4.78 is 10.5. The van der Waals surface area contributed by atoms with E-state index in [0.717, 1.165) is 11.8 Å². The van der Waals surface area contributed by atoms with Crippen LogP contribution in [0.5, 0.6) is 11.5 Å². The van der Waals surface area contributed by atoms with Crippen molar-refractivity contribution in [2.45, 2.75) is 26.4 Å². The monoisotopic (exact) mass is 364 g/mol. The number of carboxylic acids is 1. The molecule has 0 saturated carbocycles. The lowest BCUT2D eigenvalue weighted by molar-refractivity contribution is -0.312. The van der Waals surface area contributed by atoms with Crippen LogP contribution >= 0.6 is 11.8 Å². The Morgan fingerprint density at radius 2 is 2.08 bits per heavy atom. The Labute approximate surface area is 149 Å². The van der Waals surface area contributed by atoms with Gasteiger partial charge >= 0.3 is 0 Å². The minimum Gasteiger partial charge on any atom is -0.546 e. The van der Waals surface area contributed by atoms with Gasteiger partial charge in [-0.3, -0.25) is 14.5 Å². The Morgan fingerprint density at radius 1 is 1.36 bits per heavy atom. The van der Waals surface area contributed by atoms with Crippen molar-refractivity contribution >= 4 is 35.0 Å². The van der Waals surface area contributed by atoms with Crippen molar-refractivity contribution in [1.82, 2.24) is 4.90 Å². The maximum atomic E-state index is 12.2. The van der Waals surface area contributed by atoms with E-state index < -0.39 is 12.1 Å². The highest BCUT2D eigenvalue weighted by Crippen LogP contribution is 2.34. The van der Waals surface area contributed by atoms with E-state index >= 15 is 0 Å². The largest absolute Gasteiger partial charge is 0.546 e. The summed E-state index contributed by atoms with van der Waals surface area (Å²) in [6.45, 7) is 3.63. The van der Waals surface area contributed by atoms with Crippen LogP contribution in [0, 0.1) is 0 Å². The molecule has 1 aromatic rings. The molecule has 0 spiro atoms. The molecule has 8 heteroatoms. The summed E-state index contributed by atoms with van der Waals surface area (Å²) in [4.78, 5) is 36.4. The van der Waals surface area contributed by atoms with E-state index in [4.69, 9.17) is 9.47 Å². The van der Waals surface area contributed by atoms with Gasteiger partial charge in [-0.1, -0.05) is 13.0 Å². The third-order valence-electron chi connectivity index (χ3n) is 3.44. The fourth-order valence-electron chi connectivity index (χ4n) is 2.18. The molecule has 0 radical (unpaired) electrons. The van der Waals surface area contributed by atoms with E-state index in [9.17, 15) is 19.5 Å². The van der Waals surface area contributed by atoms with Gasteiger partial charge < -0.3 is 19.4 Å². The number of rotatable bonds is 7. The SMILES string of the molecule is CCCN1C(=O)S/C(=C\c2ccc(O[C@@H](C)C(=O)[O-])c(OC)c2)C1=O. The lowest BCUT2D eigenvalue weighted by atomic mass is 10.1. The van der Waals surface area contributed by atoms with Crippen LogP contribution in [0.2, 0.25) is 0 Å². The minimum absolute atomic E-state index is 0.246. The molecule has 2 amide bonds. The topological polar surface area (TPSA) is 96.0 Å². The molecule has 1 atom stereocenters. The van der Waals surface area contributed by atoms with Gasteiger partial charge in [-0.25, -0.2) is 0 Å². The lowest BCUT2D eigenvalue weighted by Crippen LogP contribution is -2.37. The highest BCUT2D eigenvalue weighted by Gasteiger charge is 2.34. The number of thioether (sulfide) groups is 1. The second kappa shape index (κ2) is 8.06. The number of carbonyl (C=O) groups is 3. The molecule has 0 aliphatic carbocycles. The van der Waals surface area contributed by atoms with Crippen LogP contribution in [0.3, 0.4) is 0 Å². The van der Waals surface area contributed by atoms with Crippen LogP contribution in [0.1, 0.15) is 25.8 Å². The number of aliphatic carboxylic acids is 1. The van der Waals surface area contributed by atoms with E-state index in [1.165, 1.54) is 18.9 Å². The molecule has 1 aliphatic heterocycles. The molecule has 7 nitrogen and oxygen atoms in total. The fraction of sp³-hybridized carbons (Fsp3) is 0.353. The molecule has 0 bridgehead atoms. The Kier molecular flexibility index (Phi) is 6.08. The summed E-state index contributed by atoms with van der Waals surface area (Å²) in [5.41, 5.74) is 0.632. The zero-order chi connectivity index (χ0) is 18.6. The molecule has 0 unspecified atom stereocenters. The van der Waals surface area contributed by atoms with Crippen molar-refractivity contribution in [1.29, 1.82) is 0 Å². The van der Waals surface area contributed by atoms with Crippen molar-refractivity contribution in [2.75, 3.05) is 13.7 Å². The first-order valence-corrected chi connectivity index (χ1v) is 8.50. The zero-order valence-electron chi connectivity index (χ0n) is 14.1. The molecule has 2 rings (SSSR count). The lowest BCUT2D eigenvalue weighted by Gasteiger charge is -2.17. The third-order valence-corrected chi connectivity index (χ3v) is 4.35. The highest BCUT2D eigenvalue weighted by molar-refractivity contribution is 8.18. The molecule has 0 N–H and O–H groups in total. The van der Waals surface area contributed by atoms with Gasteiger partial charge in [-0.15, -0.1) is 0 Å². The van der Waals surface area contributed by atoms with Crippen LogP contribution in [0.15, 0.2) is 23.1 Å². The smallest absolute Gasteiger partial charge is 0.293 e. The van der Waals surface area contributed by atoms with Crippen LogP contribution in [0.25, 0.3) is 6.08 Å². The summed E-state index contributed by atoms with van der Waals surface area (Å²) in [5, 5.41) is 10.5. The van der Waals surface area contributed by atoms with E-state index in [0.29, 0.717) is 29.2 Å². The van der Waals surface area contributed by atoms with Crippen molar-refractivity contribution in [3.05, 3.63) is 28.7 Å². The Balaban J connectivity index is 2.25. The first kappa shape index (κ1) is 18.9. The van der Waals surface area contributed by atoms with Crippen LogP contribution in [0.4, 0.5) is 4.79 Å². The number of imide groups is 1. The molecule has 0 aromatic heterocycles. The molecule has 1 fully saturated rings. The third kappa shape index (κ3) is 4.33. The summed E-state index contributed by atoms with van der Waals surface area (Å²) in [5.74, 6) is -1.09. The average Bonchev–Trinajstić information content (AvgIpc) is 2.83. The number of nitrogens with zero attached hydrogens (tertiary/aromatic N) is 1. The number of benzene rings is 1. The quantitative estimate of drug-likeness (QED) is 0.679. The van der Waals surface area contributed by atoms with Crippen molar-refractivity contribution in [3.8, 4) is 11.5 Å². The molecule has 1 aromatic carbocycles. The molecular formula is C17H18NO6S-. The predicted octanol–water partition coefficient (Wildman–Crippen LogP) is 1.66. The van der Waals surface area contributed by atoms with Gasteiger partial charge in [-0.2, -0.15) is 0 Å². The average molecular weight is 364 g/mol. The van der Waals surface area contributed by atoms with Crippen LogP contribution in [-0.2, 0) is 9.59 Å². The predicted molar refractivity (Wildman–Crippen MR) is 91.1 cm³/mol. The Bertz CT molecular complexity index is 730. The number of hydrogen-bond donors (Lipinski definition) is 0. The molecular weight excluding hydrogens is 346 g/mol. The maximum Gasteiger partial charge on any atom is 0.293 e. The first-order chi connectivity index (χ1) is 11.9. The first-order valence-electron chi connectivity index (χ1n) is 7.68. The second-order valence-corrected chi connectivity index (χ2v) is 6.32. The number of hydrogen-bond acceptors (Lipinski definition) is 7. The molecule has 1 saturated heterocycles. The molecule has 25 heavy (non-hydrogen) atoms. The highest BCUT2D eigenvalue weighted by atomic mass is 32.2. The summed E-state index contributed by atoms with van der Waals surface area (Å²) in [6.07, 6.45) is 1.15. The standard InChI is InChI=1S/C17H19NO6S/c1-4-7-18-15(19)14(25-17(18)22)9-11-5-6-12(13(8-11)23-3)24-10(2)16(20)21/h5-6,8-10H,4,7H2,1-3H3,(H,20,21)/p-1/b14-9-/t10-/m0/s1. The Morgan fingerprint density at radius 3 is 2.68 bits per heavy atom. The van der Waals surface area contributed by atoms with Gasteiger partial charge in [-0.05, 0) is 48.9 Å². The van der Waals surface area contributed by atoms with E-state index in [1.807, 2.05) is 6.92 Å². The second-order valence-electron chi connectivity index (χ2n) is 5.32. The number of amides is 2. The molecule has 134 valence electrons. The number of methoxy groups -OCH3 is 1. The number of ether oxygens (including phenoxy) is 2. The summed E-state index contributed by atoms with van der Waals surface area (Å²) in [7, 11) is 1.42. The molecule has 1 aliphatic rings. The van der Waals surface area contributed by atoms with E-state index in [2.05, 4.69) is 0 Å². The van der Waals surface area contributed by atoms with Crippen LogP contribution in [-0.4, -0.2) is 41.8 Å². The Hall–Kier alpha value is -2.48. The molecule has 1 heterocycles. The van der Waals surface area contributed by atoms with Gasteiger partial charge in [0.2, 0.25) is 0 Å². The number of carbonyl (C=O) groups excluding carboxylic acids is 3. The van der Waals surface area contributed by atoms with Gasteiger partial charge in [0.05, 0.1) is 18.0 Å². The fourth-order valence-corrected chi connectivity index (χ4v) is 3.04. The van der Waals surface area contributed by atoms with Gasteiger partial charge in [0.15, 0.2) is 11.5 Å². The van der Waals surface area contributed by atoms with Crippen molar-refractivity contribution in [2.24, 2.45) is 0 Å². The van der Waals surface area contributed by atoms with Gasteiger partial charge in [0.25, 0.3) is 11.1 Å². The van der Waals surface area contributed by atoms with E-state index in [-0.39, 0.29) is 16.9 Å². The normalized spacial score (nSPS) is 17.1. The van der Waals surface area contributed by atoms with Gasteiger partial charge in [0, 0.05) is 6.54 Å². The van der Waals surface area contributed by atoms with E-state index in [1.54, 1.807) is 24.3 Å². The zero-order valence-corrected chi connectivity index (χ0v) is 14.9. The maximum absolute atomic E-state index is 12.2.